The van der Waals surface area contributed by atoms with Gasteiger partial charge in [-0.05, 0) is 30.0 Å². The van der Waals surface area contributed by atoms with Crippen molar-refractivity contribution in [2.45, 2.75) is 23.1 Å². The zero-order valence-corrected chi connectivity index (χ0v) is 19.7. The van der Waals surface area contributed by atoms with Gasteiger partial charge in [0, 0.05) is 18.7 Å². The lowest BCUT2D eigenvalue weighted by molar-refractivity contribution is 0.0993. The molecule has 0 atom stereocenters. The van der Waals surface area contributed by atoms with Crippen molar-refractivity contribution in [2.24, 2.45) is 0 Å². The molecule has 2 aromatic heterocycles. The van der Waals surface area contributed by atoms with Crippen molar-refractivity contribution in [1.82, 2.24) is 5.16 Å². The fourth-order valence-corrected chi connectivity index (χ4v) is 6.50. The second-order valence-electron chi connectivity index (χ2n) is 6.82. The molecule has 1 aromatic carbocycles. The maximum absolute atomic E-state index is 13.0. The lowest BCUT2D eigenvalue weighted by Crippen LogP contribution is -2.16. The van der Waals surface area contributed by atoms with E-state index in [0.717, 1.165) is 17.6 Å². The first-order chi connectivity index (χ1) is 15.0. The van der Waals surface area contributed by atoms with Crippen LogP contribution in [-0.4, -0.2) is 40.8 Å². The van der Waals surface area contributed by atoms with Gasteiger partial charge in [0.15, 0.2) is 27.1 Å². The maximum Gasteiger partial charge on any atom is 0.265 e. The number of aromatic nitrogens is 1. The molecule has 3 heterocycles. The van der Waals surface area contributed by atoms with Crippen LogP contribution in [0, 0.1) is 6.92 Å². The Morgan fingerprint density at radius 3 is 2.50 bits per heavy atom. The highest BCUT2D eigenvalue weighted by Crippen LogP contribution is 2.37. The molecule has 0 radical (unpaired) electrons. The summed E-state index contributed by atoms with van der Waals surface area (Å²) in [5.41, 5.74) is 0.461. The number of aryl methyl sites for hydroxylation is 1. The number of benzene rings is 1. The van der Waals surface area contributed by atoms with Gasteiger partial charge in [-0.15, -0.1) is 11.3 Å². The Hall–Kier alpha value is -2.61. The molecule has 170 valence electrons. The molecule has 0 bridgehead atoms. The molecule has 0 spiro atoms. The standard InChI is InChI=1S/C18H15ClN2O8S3/c1-9-16(19)18(29-20-9)21-32(25,26)14-3-4-30-17(14)11(22)5-10-6-12-13(28-8-27-12)7-15(10)31(2,23)24/h3-4,6-7,21H,5,8H2,1-2H3. The Labute approximate surface area is 192 Å². The van der Waals surface area contributed by atoms with Crippen molar-refractivity contribution in [1.29, 1.82) is 0 Å². The van der Waals surface area contributed by atoms with Crippen molar-refractivity contribution >= 4 is 54.5 Å². The Morgan fingerprint density at radius 1 is 1.19 bits per heavy atom. The van der Waals surface area contributed by atoms with Gasteiger partial charge in [0.25, 0.3) is 15.9 Å². The summed E-state index contributed by atoms with van der Waals surface area (Å²) in [5.74, 6) is -0.312. The lowest BCUT2D eigenvalue weighted by atomic mass is 10.1. The number of ketones is 1. The maximum atomic E-state index is 13.0. The van der Waals surface area contributed by atoms with Gasteiger partial charge in [0.05, 0.1) is 9.77 Å². The predicted octanol–water partition coefficient (Wildman–Crippen LogP) is 3.06. The second-order valence-corrected chi connectivity index (χ2v) is 11.7. The molecule has 1 N–H and O–H groups in total. The number of carbonyl (C=O) groups is 1. The van der Waals surface area contributed by atoms with Crippen LogP contribution < -0.4 is 14.2 Å². The number of hydrogen-bond donors (Lipinski definition) is 1. The molecule has 0 unspecified atom stereocenters. The van der Waals surface area contributed by atoms with Crippen LogP contribution in [0.4, 0.5) is 5.88 Å². The number of carbonyl (C=O) groups excluding carboxylic acids is 1. The van der Waals surface area contributed by atoms with Crippen LogP contribution in [0.3, 0.4) is 0 Å². The van der Waals surface area contributed by atoms with E-state index in [4.69, 9.17) is 25.6 Å². The minimum Gasteiger partial charge on any atom is -0.454 e. The molecule has 0 aliphatic carbocycles. The van der Waals surface area contributed by atoms with E-state index >= 15 is 0 Å². The van der Waals surface area contributed by atoms with E-state index in [1.807, 2.05) is 0 Å². The molecule has 1 aliphatic heterocycles. The number of thiophene rings is 1. The largest absolute Gasteiger partial charge is 0.454 e. The number of nitrogens with one attached hydrogen (secondary N) is 1. The summed E-state index contributed by atoms with van der Waals surface area (Å²) in [6.45, 7) is 1.46. The summed E-state index contributed by atoms with van der Waals surface area (Å²) in [5, 5.41) is 5.01. The summed E-state index contributed by atoms with van der Waals surface area (Å²) in [6.07, 6.45) is 0.636. The van der Waals surface area contributed by atoms with Gasteiger partial charge in [0.1, 0.15) is 15.6 Å². The van der Waals surface area contributed by atoms with Crippen molar-refractivity contribution in [3.05, 3.63) is 44.7 Å². The van der Waals surface area contributed by atoms with E-state index in [1.165, 1.54) is 30.5 Å². The highest BCUT2D eigenvalue weighted by atomic mass is 35.5. The number of sulfone groups is 1. The van der Waals surface area contributed by atoms with Crippen LogP contribution >= 0.6 is 22.9 Å². The van der Waals surface area contributed by atoms with Crippen LogP contribution in [0.2, 0.25) is 5.02 Å². The lowest BCUT2D eigenvalue weighted by Gasteiger charge is -2.10. The van der Waals surface area contributed by atoms with E-state index in [9.17, 15) is 21.6 Å². The number of nitrogens with zero attached hydrogens (tertiary/aromatic N) is 1. The zero-order valence-electron chi connectivity index (χ0n) is 16.5. The van der Waals surface area contributed by atoms with E-state index in [1.54, 1.807) is 0 Å². The SMILES string of the molecule is Cc1noc(NS(=O)(=O)c2ccsc2C(=O)Cc2cc3c(cc2S(C)(=O)=O)OCO3)c1Cl. The third kappa shape index (κ3) is 4.20. The summed E-state index contributed by atoms with van der Waals surface area (Å²) in [7, 11) is -7.94. The summed E-state index contributed by atoms with van der Waals surface area (Å²) in [4.78, 5) is 12.6. The van der Waals surface area contributed by atoms with Crippen LogP contribution in [0.1, 0.15) is 20.9 Å². The molecule has 0 fully saturated rings. The number of fused-ring (bicyclic) bond motifs is 1. The van der Waals surface area contributed by atoms with Gasteiger partial charge in [-0.25, -0.2) is 21.6 Å². The Morgan fingerprint density at radius 2 is 1.88 bits per heavy atom. The van der Waals surface area contributed by atoms with Gasteiger partial charge < -0.3 is 14.0 Å². The number of sulfonamides is 1. The smallest absolute Gasteiger partial charge is 0.265 e. The highest BCUT2D eigenvalue weighted by molar-refractivity contribution is 7.93. The normalized spacial score (nSPS) is 13.3. The Balaban J connectivity index is 1.67. The average molecular weight is 519 g/mol. The molecule has 0 saturated carbocycles. The van der Waals surface area contributed by atoms with Crippen LogP contribution in [-0.2, 0) is 26.3 Å². The molecular weight excluding hydrogens is 504 g/mol. The van der Waals surface area contributed by atoms with Gasteiger partial charge in [-0.3, -0.25) is 4.79 Å². The number of anilines is 1. The minimum atomic E-state index is -4.24. The fraction of sp³-hybridized carbons (Fsp3) is 0.222. The molecule has 1 aliphatic rings. The fourth-order valence-electron chi connectivity index (χ4n) is 3.01. The molecule has 14 heteroatoms. The van der Waals surface area contributed by atoms with Crippen molar-refractivity contribution in [3.8, 4) is 11.5 Å². The first-order valence-corrected chi connectivity index (χ1v) is 13.5. The first-order valence-electron chi connectivity index (χ1n) is 8.85. The van der Waals surface area contributed by atoms with E-state index < -0.39 is 25.6 Å². The third-order valence-electron chi connectivity index (χ3n) is 4.50. The summed E-state index contributed by atoms with van der Waals surface area (Å²) >= 11 is 6.88. The quantitative estimate of drug-likeness (QED) is 0.467. The van der Waals surface area contributed by atoms with E-state index in [0.29, 0.717) is 11.4 Å². The number of hydrogen-bond acceptors (Lipinski definition) is 10. The Bertz CT molecular complexity index is 1440. The van der Waals surface area contributed by atoms with Crippen molar-refractivity contribution in [3.63, 3.8) is 0 Å². The first kappa shape index (κ1) is 22.6. The topological polar surface area (TPSA) is 142 Å². The number of ether oxygens (including phenoxy) is 2. The van der Waals surface area contributed by atoms with Crippen molar-refractivity contribution in [2.75, 3.05) is 17.8 Å². The summed E-state index contributed by atoms with van der Waals surface area (Å²) < 4.78 is 67.7. The number of rotatable bonds is 7. The van der Waals surface area contributed by atoms with Gasteiger partial charge in [-0.1, -0.05) is 16.8 Å². The monoisotopic (exact) mass is 518 g/mol. The van der Waals surface area contributed by atoms with E-state index in [-0.39, 0.29) is 50.1 Å². The molecule has 0 amide bonds. The van der Waals surface area contributed by atoms with Gasteiger partial charge >= 0.3 is 0 Å². The molecule has 10 nitrogen and oxygen atoms in total. The molecular formula is C18H15ClN2O8S3. The number of Topliss-reactive ketones (excluding diaryl/α,β-unsaturated/α-hetero) is 1. The van der Waals surface area contributed by atoms with E-state index in [2.05, 4.69) is 9.88 Å². The average Bonchev–Trinajstić information content (AvgIpc) is 3.43. The molecule has 3 aromatic rings. The van der Waals surface area contributed by atoms with Gasteiger partial charge in [-0.2, -0.15) is 0 Å². The predicted molar refractivity (Wildman–Crippen MR) is 115 cm³/mol. The molecule has 4 rings (SSSR count). The Kier molecular flexibility index (Phi) is 5.69. The van der Waals surface area contributed by atoms with Gasteiger partial charge in [0.2, 0.25) is 6.79 Å². The third-order valence-corrected chi connectivity index (χ3v) is 8.58. The minimum absolute atomic E-state index is 0.00478. The number of halogens is 1. The van der Waals surface area contributed by atoms with Crippen LogP contribution in [0.15, 0.2) is 37.9 Å². The highest BCUT2D eigenvalue weighted by Gasteiger charge is 2.29. The molecule has 0 saturated heterocycles. The summed E-state index contributed by atoms with van der Waals surface area (Å²) in [6, 6.07) is 3.96. The molecule has 32 heavy (non-hydrogen) atoms. The second kappa shape index (κ2) is 8.06. The zero-order chi connectivity index (χ0) is 23.3. The van der Waals surface area contributed by atoms with Crippen LogP contribution in [0.25, 0.3) is 0 Å². The van der Waals surface area contributed by atoms with Crippen LogP contribution in [0.5, 0.6) is 11.5 Å². The van der Waals surface area contributed by atoms with Crippen molar-refractivity contribution < 1.29 is 35.6 Å².